The third-order valence-electron chi connectivity index (χ3n) is 3.07. The summed E-state index contributed by atoms with van der Waals surface area (Å²) in [4.78, 5) is 13.8. The van der Waals surface area contributed by atoms with Gasteiger partial charge in [-0.3, -0.25) is 4.79 Å². The van der Waals surface area contributed by atoms with Crippen molar-refractivity contribution in [2.75, 3.05) is 31.7 Å². The van der Waals surface area contributed by atoms with Crippen molar-refractivity contribution >= 4 is 23.2 Å². The smallest absolute Gasteiger partial charge is 0.244 e. The predicted molar refractivity (Wildman–Crippen MR) is 72.2 cm³/mol. The molecule has 1 unspecified atom stereocenters. The monoisotopic (exact) mass is 279 g/mol. The number of carbonyl (C=O) groups is 1. The van der Waals surface area contributed by atoms with Gasteiger partial charge in [0.05, 0.1) is 24.5 Å². The molecule has 0 spiro atoms. The number of hydrogen-bond acceptors (Lipinski definition) is 4. The van der Waals surface area contributed by atoms with E-state index in [-0.39, 0.29) is 5.91 Å². The fourth-order valence-electron chi connectivity index (χ4n) is 2.12. The molecule has 1 aliphatic rings. The number of nitrogens with one attached hydrogen (secondary N) is 1. The molecule has 0 aromatic heterocycles. The number of hydrogen-bond donors (Lipinski definition) is 1. The van der Waals surface area contributed by atoms with Crippen LogP contribution in [0.15, 0.2) is 18.2 Å². The second kappa shape index (κ2) is 5.91. The Kier molecular flexibility index (Phi) is 4.25. The van der Waals surface area contributed by atoms with Crippen molar-refractivity contribution in [1.29, 1.82) is 5.26 Å². The minimum absolute atomic E-state index is 0.126. The van der Waals surface area contributed by atoms with Gasteiger partial charge < -0.3 is 15.0 Å². The third kappa shape index (κ3) is 2.80. The molecule has 19 heavy (non-hydrogen) atoms. The summed E-state index contributed by atoms with van der Waals surface area (Å²) in [6.07, 6.45) is 0. The van der Waals surface area contributed by atoms with Crippen LogP contribution in [0.4, 0.5) is 5.69 Å². The van der Waals surface area contributed by atoms with Gasteiger partial charge in [-0.1, -0.05) is 11.6 Å². The van der Waals surface area contributed by atoms with Crippen molar-refractivity contribution < 1.29 is 9.53 Å². The number of morpholine rings is 1. The Morgan fingerprint density at radius 1 is 1.63 bits per heavy atom. The number of amides is 1. The van der Waals surface area contributed by atoms with Crippen molar-refractivity contribution in [3.05, 3.63) is 28.8 Å². The molecule has 0 radical (unpaired) electrons. The maximum absolute atomic E-state index is 11.9. The van der Waals surface area contributed by atoms with Gasteiger partial charge >= 0.3 is 0 Å². The summed E-state index contributed by atoms with van der Waals surface area (Å²) in [7, 11) is 1.59. The Bertz CT molecular complexity index is 527. The fourth-order valence-corrected chi connectivity index (χ4v) is 2.30. The molecule has 1 heterocycles. The van der Waals surface area contributed by atoms with Gasteiger partial charge in [0.15, 0.2) is 0 Å². The van der Waals surface area contributed by atoms with Crippen molar-refractivity contribution in [2.45, 2.75) is 6.04 Å². The Labute approximate surface area is 116 Å². The van der Waals surface area contributed by atoms with E-state index in [9.17, 15) is 10.1 Å². The molecule has 1 aromatic carbocycles. The van der Waals surface area contributed by atoms with E-state index >= 15 is 0 Å². The van der Waals surface area contributed by atoms with Gasteiger partial charge in [0.2, 0.25) is 5.91 Å². The number of nitriles is 1. The number of carbonyl (C=O) groups excluding carboxylic acids is 1. The van der Waals surface area contributed by atoms with Crippen LogP contribution >= 0.6 is 11.6 Å². The molecule has 0 aliphatic carbocycles. The van der Waals surface area contributed by atoms with Gasteiger partial charge in [-0.15, -0.1) is 0 Å². The van der Waals surface area contributed by atoms with Gasteiger partial charge in [0.25, 0.3) is 0 Å². The SMILES string of the molecule is CNC(=O)C1COCCN1c1ccc(Cl)cc1C#N. The number of nitrogens with zero attached hydrogens (tertiary/aromatic N) is 2. The Hall–Kier alpha value is -1.77. The van der Waals surface area contributed by atoms with Gasteiger partial charge in [-0.25, -0.2) is 0 Å². The van der Waals surface area contributed by atoms with E-state index in [4.69, 9.17) is 16.3 Å². The summed E-state index contributed by atoms with van der Waals surface area (Å²) in [5.41, 5.74) is 1.17. The van der Waals surface area contributed by atoms with Crippen molar-refractivity contribution in [2.24, 2.45) is 0 Å². The summed E-state index contributed by atoms with van der Waals surface area (Å²) in [6, 6.07) is 6.78. The molecule has 1 amide bonds. The average Bonchev–Trinajstić information content (AvgIpc) is 2.46. The van der Waals surface area contributed by atoms with Gasteiger partial charge in [0.1, 0.15) is 12.1 Å². The number of rotatable bonds is 2. The van der Waals surface area contributed by atoms with E-state index in [1.54, 1.807) is 25.2 Å². The molecule has 1 saturated heterocycles. The van der Waals surface area contributed by atoms with Gasteiger partial charge in [0, 0.05) is 18.6 Å². The first-order valence-electron chi connectivity index (χ1n) is 5.93. The van der Waals surface area contributed by atoms with E-state index < -0.39 is 6.04 Å². The zero-order valence-corrected chi connectivity index (χ0v) is 11.3. The van der Waals surface area contributed by atoms with Crippen LogP contribution in [0.2, 0.25) is 5.02 Å². The second-order valence-corrected chi connectivity index (χ2v) is 4.61. The highest BCUT2D eigenvalue weighted by molar-refractivity contribution is 6.30. The molecule has 2 rings (SSSR count). The summed E-state index contributed by atoms with van der Waals surface area (Å²) in [6.45, 7) is 1.41. The highest BCUT2D eigenvalue weighted by atomic mass is 35.5. The van der Waals surface area contributed by atoms with E-state index in [1.165, 1.54) is 0 Å². The molecule has 5 nitrogen and oxygen atoms in total. The van der Waals surface area contributed by atoms with Crippen molar-refractivity contribution in [3.8, 4) is 6.07 Å². The number of likely N-dealkylation sites (N-methyl/N-ethyl adjacent to an activating group) is 1. The van der Waals surface area contributed by atoms with Crippen LogP contribution in [-0.4, -0.2) is 38.8 Å². The summed E-state index contributed by atoms with van der Waals surface area (Å²) < 4.78 is 5.34. The topological polar surface area (TPSA) is 65.4 Å². The molecule has 1 aromatic rings. The molecular weight excluding hydrogens is 266 g/mol. The Balaban J connectivity index is 2.38. The normalized spacial score (nSPS) is 18.8. The minimum atomic E-state index is -0.424. The molecule has 6 heteroatoms. The minimum Gasteiger partial charge on any atom is -0.377 e. The molecule has 1 aliphatic heterocycles. The highest BCUT2D eigenvalue weighted by Crippen LogP contribution is 2.26. The summed E-state index contributed by atoms with van der Waals surface area (Å²) in [5.74, 6) is -0.126. The molecule has 0 bridgehead atoms. The van der Waals surface area contributed by atoms with E-state index in [0.29, 0.717) is 36.0 Å². The first-order valence-corrected chi connectivity index (χ1v) is 6.31. The van der Waals surface area contributed by atoms with Gasteiger partial charge in [-0.05, 0) is 18.2 Å². The molecule has 1 atom stereocenters. The molecule has 100 valence electrons. The number of ether oxygens (including phenoxy) is 1. The van der Waals surface area contributed by atoms with Crippen LogP contribution in [0.5, 0.6) is 0 Å². The molecule has 1 fully saturated rings. The van der Waals surface area contributed by atoms with Crippen LogP contribution in [0.1, 0.15) is 5.56 Å². The maximum Gasteiger partial charge on any atom is 0.244 e. The summed E-state index contributed by atoms with van der Waals surface area (Å²) >= 11 is 5.89. The lowest BCUT2D eigenvalue weighted by atomic mass is 10.1. The number of halogens is 1. The Morgan fingerprint density at radius 3 is 3.11 bits per heavy atom. The average molecular weight is 280 g/mol. The lowest BCUT2D eigenvalue weighted by Crippen LogP contribution is -2.53. The van der Waals surface area contributed by atoms with Gasteiger partial charge in [-0.2, -0.15) is 5.26 Å². The first kappa shape index (κ1) is 13.7. The maximum atomic E-state index is 11.9. The van der Waals surface area contributed by atoms with E-state index in [0.717, 1.165) is 0 Å². The van der Waals surface area contributed by atoms with Crippen LogP contribution in [0, 0.1) is 11.3 Å². The molecule has 1 N–H and O–H groups in total. The number of anilines is 1. The van der Waals surface area contributed by atoms with E-state index in [1.807, 2.05) is 4.90 Å². The quantitative estimate of drug-likeness (QED) is 0.882. The Morgan fingerprint density at radius 2 is 2.42 bits per heavy atom. The van der Waals surface area contributed by atoms with Crippen molar-refractivity contribution in [1.82, 2.24) is 5.32 Å². The van der Waals surface area contributed by atoms with Crippen LogP contribution in [0.25, 0.3) is 0 Å². The zero-order valence-electron chi connectivity index (χ0n) is 10.5. The predicted octanol–water partition coefficient (Wildman–Crippen LogP) is 1.16. The zero-order chi connectivity index (χ0) is 13.8. The van der Waals surface area contributed by atoms with Crippen LogP contribution in [0.3, 0.4) is 0 Å². The van der Waals surface area contributed by atoms with Crippen LogP contribution in [-0.2, 0) is 9.53 Å². The lowest BCUT2D eigenvalue weighted by Gasteiger charge is -2.36. The second-order valence-electron chi connectivity index (χ2n) is 4.17. The van der Waals surface area contributed by atoms with Crippen LogP contribution < -0.4 is 10.2 Å². The fraction of sp³-hybridized carbons (Fsp3) is 0.385. The number of benzene rings is 1. The van der Waals surface area contributed by atoms with E-state index in [2.05, 4.69) is 11.4 Å². The standard InChI is InChI=1S/C13H14ClN3O2/c1-16-13(18)12-8-19-5-4-17(12)11-3-2-10(14)6-9(11)7-15/h2-3,6,12H,4-5,8H2,1H3,(H,16,18). The summed E-state index contributed by atoms with van der Waals surface area (Å²) in [5, 5.41) is 12.3. The first-order chi connectivity index (χ1) is 9.17. The largest absolute Gasteiger partial charge is 0.377 e. The van der Waals surface area contributed by atoms with Crippen molar-refractivity contribution in [3.63, 3.8) is 0 Å². The molecular formula is C13H14ClN3O2. The molecule has 0 saturated carbocycles. The highest BCUT2D eigenvalue weighted by Gasteiger charge is 2.30. The third-order valence-corrected chi connectivity index (χ3v) is 3.30. The lowest BCUT2D eigenvalue weighted by molar-refractivity contribution is -0.124.